The maximum atomic E-state index is 9.66. The van der Waals surface area contributed by atoms with Crippen molar-refractivity contribution in [3.05, 3.63) is 41.7 Å². The van der Waals surface area contributed by atoms with Crippen LogP contribution in [0.3, 0.4) is 0 Å². The van der Waals surface area contributed by atoms with E-state index in [0.29, 0.717) is 24.6 Å². The van der Waals surface area contributed by atoms with Crippen molar-refractivity contribution >= 4 is 16.9 Å². The fraction of sp³-hybridized carbons (Fsp3) is 0.435. The van der Waals surface area contributed by atoms with Crippen LogP contribution in [-0.2, 0) is 11.3 Å². The number of aromatic nitrogens is 3. The van der Waals surface area contributed by atoms with Gasteiger partial charge in [0.25, 0.3) is 0 Å². The molecule has 0 amide bonds. The number of anilines is 1. The minimum atomic E-state index is -0.0939. The number of aliphatic hydroxyl groups is 1. The monoisotopic (exact) mass is 408 g/mol. The molecule has 1 fully saturated rings. The van der Waals surface area contributed by atoms with Crippen LogP contribution in [0.15, 0.2) is 30.3 Å². The van der Waals surface area contributed by atoms with E-state index >= 15 is 0 Å². The first kappa shape index (κ1) is 20.5. The van der Waals surface area contributed by atoms with Gasteiger partial charge in [0, 0.05) is 23.6 Å². The zero-order valence-electron chi connectivity index (χ0n) is 17.9. The molecule has 7 heteroatoms. The molecule has 0 saturated carbocycles. The molecule has 7 nitrogen and oxygen atoms in total. The zero-order valence-corrected chi connectivity index (χ0v) is 17.9. The summed E-state index contributed by atoms with van der Waals surface area (Å²) < 4.78 is 10.9. The minimum Gasteiger partial charge on any atom is -0.496 e. The number of hydrogen-bond acceptors (Lipinski definition) is 7. The average molecular weight is 409 g/mol. The number of aliphatic hydroxyl groups excluding tert-OH is 1. The van der Waals surface area contributed by atoms with Crippen LogP contribution < -0.4 is 9.64 Å². The third-order valence-corrected chi connectivity index (χ3v) is 5.46. The van der Waals surface area contributed by atoms with Gasteiger partial charge in [0.2, 0.25) is 0 Å². The quantitative estimate of drug-likeness (QED) is 0.691. The molecule has 0 bridgehead atoms. The number of fused-ring (bicyclic) bond motifs is 1. The highest BCUT2D eigenvalue weighted by molar-refractivity contribution is 5.89. The minimum absolute atomic E-state index is 0.0939. The summed E-state index contributed by atoms with van der Waals surface area (Å²) in [5.74, 6) is 2.56. The van der Waals surface area contributed by atoms with Gasteiger partial charge in [0.15, 0.2) is 5.65 Å². The van der Waals surface area contributed by atoms with Crippen molar-refractivity contribution in [2.45, 2.75) is 39.3 Å². The molecule has 1 atom stereocenters. The van der Waals surface area contributed by atoms with Gasteiger partial charge in [-0.1, -0.05) is 13.8 Å². The van der Waals surface area contributed by atoms with Crippen LogP contribution in [0, 0.1) is 0 Å². The van der Waals surface area contributed by atoms with Crippen molar-refractivity contribution in [2.24, 2.45) is 0 Å². The van der Waals surface area contributed by atoms with Gasteiger partial charge in [0.05, 0.1) is 44.1 Å². The Labute approximate surface area is 176 Å². The molecule has 4 rings (SSSR count). The molecule has 3 heterocycles. The van der Waals surface area contributed by atoms with Gasteiger partial charge in [-0.15, -0.1) is 0 Å². The summed E-state index contributed by atoms with van der Waals surface area (Å²) in [5.41, 5.74) is 3.12. The second kappa shape index (κ2) is 8.53. The van der Waals surface area contributed by atoms with Crippen LogP contribution in [0.25, 0.3) is 22.3 Å². The summed E-state index contributed by atoms with van der Waals surface area (Å²) in [6.45, 7) is 8.41. The Balaban J connectivity index is 1.84. The van der Waals surface area contributed by atoms with Crippen molar-refractivity contribution < 1.29 is 14.6 Å². The highest BCUT2D eigenvalue weighted by Gasteiger charge is 2.24. The van der Waals surface area contributed by atoms with Gasteiger partial charge in [-0.3, -0.25) is 0 Å². The molecular weight excluding hydrogens is 380 g/mol. The van der Waals surface area contributed by atoms with E-state index < -0.39 is 0 Å². The number of morpholine rings is 1. The summed E-state index contributed by atoms with van der Waals surface area (Å²) in [4.78, 5) is 16.8. The van der Waals surface area contributed by atoms with Crippen LogP contribution in [0.5, 0.6) is 5.75 Å². The van der Waals surface area contributed by atoms with Crippen LogP contribution >= 0.6 is 0 Å². The van der Waals surface area contributed by atoms with Crippen molar-refractivity contribution in [3.63, 3.8) is 0 Å². The first-order chi connectivity index (χ1) is 14.5. The summed E-state index contributed by atoms with van der Waals surface area (Å²) in [5, 5.41) is 10.6. The van der Waals surface area contributed by atoms with E-state index in [1.165, 1.54) is 0 Å². The van der Waals surface area contributed by atoms with Gasteiger partial charge < -0.3 is 19.5 Å². The number of ether oxygens (including phenoxy) is 2. The number of hydrogen-bond donors (Lipinski definition) is 1. The Kier molecular flexibility index (Phi) is 5.83. The second-order valence-electron chi connectivity index (χ2n) is 7.93. The first-order valence-corrected chi connectivity index (χ1v) is 10.3. The van der Waals surface area contributed by atoms with Crippen LogP contribution in [0.1, 0.15) is 38.1 Å². The lowest BCUT2D eigenvalue weighted by molar-refractivity contribution is 0.0986. The molecule has 0 radical (unpaired) electrons. The second-order valence-corrected chi connectivity index (χ2v) is 7.93. The van der Waals surface area contributed by atoms with E-state index in [9.17, 15) is 5.11 Å². The first-order valence-electron chi connectivity index (χ1n) is 10.3. The Morgan fingerprint density at radius 1 is 1.20 bits per heavy atom. The number of benzene rings is 1. The molecule has 2 aromatic heterocycles. The summed E-state index contributed by atoms with van der Waals surface area (Å²) in [6, 6.07) is 9.97. The van der Waals surface area contributed by atoms with E-state index in [0.717, 1.165) is 40.4 Å². The van der Waals surface area contributed by atoms with Crippen molar-refractivity contribution in [3.8, 4) is 17.0 Å². The Bertz CT molecular complexity index is 1050. The lowest BCUT2D eigenvalue weighted by Gasteiger charge is -2.35. The molecule has 1 aliphatic heterocycles. The molecule has 0 aliphatic carbocycles. The van der Waals surface area contributed by atoms with Crippen molar-refractivity contribution in [2.75, 3.05) is 31.8 Å². The number of methoxy groups -OCH3 is 1. The number of pyridine rings is 1. The van der Waals surface area contributed by atoms with Crippen LogP contribution in [-0.4, -0.2) is 53.0 Å². The lowest BCUT2D eigenvalue weighted by Crippen LogP contribution is -2.44. The Morgan fingerprint density at radius 3 is 2.73 bits per heavy atom. The standard InChI is InChI=1S/C23H28N4O3/c1-14(2)21-25-22-18(23(26-21)27-9-10-30-13-15(27)3)6-7-19(24-22)16-5-8-20(29-4)17(11-16)12-28/h5-8,11,14-15,28H,9-10,12-13H2,1-4H3/t15-/m0/s1. The SMILES string of the molecule is COc1ccc(-c2ccc3c(N4CCOC[C@@H]4C)nc(C(C)C)nc3n2)cc1CO. The Hall–Kier alpha value is -2.77. The molecule has 1 N–H and O–H groups in total. The van der Waals surface area contributed by atoms with Crippen molar-refractivity contribution in [1.82, 2.24) is 15.0 Å². The molecule has 1 aliphatic rings. The van der Waals surface area contributed by atoms with Gasteiger partial charge in [0.1, 0.15) is 17.4 Å². The van der Waals surface area contributed by atoms with E-state index in [-0.39, 0.29) is 18.6 Å². The smallest absolute Gasteiger partial charge is 0.165 e. The number of rotatable bonds is 5. The van der Waals surface area contributed by atoms with Crippen molar-refractivity contribution in [1.29, 1.82) is 0 Å². The van der Waals surface area contributed by atoms with Gasteiger partial charge in [-0.2, -0.15) is 0 Å². The normalized spacial score (nSPS) is 17.0. The molecule has 30 heavy (non-hydrogen) atoms. The largest absolute Gasteiger partial charge is 0.496 e. The topological polar surface area (TPSA) is 80.6 Å². The molecule has 158 valence electrons. The third kappa shape index (κ3) is 3.82. The van der Waals surface area contributed by atoms with E-state index in [1.807, 2.05) is 30.3 Å². The van der Waals surface area contributed by atoms with E-state index in [2.05, 4.69) is 25.7 Å². The summed E-state index contributed by atoms with van der Waals surface area (Å²) >= 11 is 0. The summed E-state index contributed by atoms with van der Waals surface area (Å²) in [6.07, 6.45) is 0. The molecule has 3 aromatic rings. The lowest BCUT2D eigenvalue weighted by atomic mass is 10.1. The van der Waals surface area contributed by atoms with E-state index in [1.54, 1.807) is 7.11 Å². The fourth-order valence-corrected chi connectivity index (χ4v) is 3.75. The molecule has 0 unspecified atom stereocenters. The highest BCUT2D eigenvalue weighted by atomic mass is 16.5. The van der Waals surface area contributed by atoms with Gasteiger partial charge in [-0.25, -0.2) is 15.0 Å². The third-order valence-electron chi connectivity index (χ3n) is 5.46. The number of nitrogens with zero attached hydrogens (tertiary/aromatic N) is 4. The molecule has 1 aromatic carbocycles. The molecule has 1 saturated heterocycles. The van der Waals surface area contributed by atoms with E-state index in [4.69, 9.17) is 24.4 Å². The molecular formula is C23H28N4O3. The molecule has 0 spiro atoms. The predicted octanol–water partition coefficient (Wildman–Crippen LogP) is 3.54. The average Bonchev–Trinajstić information content (AvgIpc) is 2.77. The maximum absolute atomic E-state index is 9.66. The summed E-state index contributed by atoms with van der Waals surface area (Å²) in [7, 11) is 1.60. The van der Waals surface area contributed by atoms with Gasteiger partial charge in [-0.05, 0) is 37.3 Å². The fourth-order valence-electron chi connectivity index (χ4n) is 3.75. The van der Waals surface area contributed by atoms with Crippen LogP contribution in [0.2, 0.25) is 0 Å². The van der Waals surface area contributed by atoms with Gasteiger partial charge >= 0.3 is 0 Å². The Morgan fingerprint density at radius 2 is 2.03 bits per heavy atom. The predicted molar refractivity (Wildman–Crippen MR) is 117 cm³/mol. The van der Waals surface area contributed by atoms with Crippen LogP contribution in [0.4, 0.5) is 5.82 Å². The zero-order chi connectivity index (χ0) is 21.3. The maximum Gasteiger partial charge on any atom is 0.165 e. The highest BCUT2D eigenvalue weighted by Crippen LogP contribution is 2.31.